The van der Waals surface area contributed by atoms with Gasteiger partial charge in [-0.15, -0.1) is 0 Å². The highest BCUT2D eigenvalue weighted by atomic mass is 16.5. The van der Waals surface area contributed by atoms with Crippen molar-refractivity contribution in [3.8, 4) is 0 Å². The van der Waals surface area contributed by atoms with Gasteiger partial charge in [-0.2, -0.15) is 0 Å². The third kappa shape index (κ3) is 3.38. The molecule has 0 spiro atoms. The van der Waals surface area contributed by atoms with Gasteiger partial charge in [0.1, 0.15) is 6.10 Å². The van der Waals surface area contributed by atoms with Gasteiger partial charge in [-0.25, -0.2) is 0 Å². The number of ether oxygens (including phenoxy) is 1. The molecule has 1 heterocycles. The van der Waals surface area contributed by atoms with Gasteiger partial charge in [-0.05, 0) is 30.9 Å². The molecule has 114 valence electrons. The van der Waals surface area contributed by atoms with Crippen LogP contribution >= 0.6 is 0 Å². The molecule has 3 N–H and O–H groups in total. The van der Waals surface area contributed by atoms with Crippen molar-refractivity contribution in [1.82, 2.24) is 5.32 Å². The van der Waals surface area contributed by atoms with Gasteiger partial charge in [-0.3, -0.25) is 4.79 Å². The smallest absolute Gasteiger partial charge is 0.286 e. The number of nitrogens with one attached hydrogen (secondary N) is 1. The van der Waals surface area contributed by atoms with E-state index in [1.807, 2.05) is 25.2 Å². The van der Waals surface area contributed by atoms with Gasteiger partial charge in [-0.1, -0.05) is 38.7 Å². The minimum atomic E-state index is -0.227. The molecule has 2 rings (SSSR count). The summed E-state index contributed by atoms with van der Waals surface area (Å²) in [6.45, 7) is 9.88. The van der Waals surface area contributed by atoms with Crippen molar-refractivity contribution in [2.45, 2.75) is 39.3 Å². The van der Waals surface area contributed by atoms with E-state index in [0.29, 0.717) is 17.4 Å². The van der Waals surface area contributed by atoms with Gasteiger partial charge in [0.2, 0.25) is 0 Å². The molecule has 0 aromatic heterocycles. The zero-order valence-electron chi connectivity index (χ0n) is 12.9. The lowest BCUT2D eigenvalue weighted by Gasteiger charge is -2.21. The van der Waals surface area contributed by atoms with Crippen molar-refractivity contribution in [2.24, 2.45) is 17.6 Å². The van der Waals surface area contributed by atoms with Crippen LogP contribution in [0.3, 0.4) is 0 Å². The van der Waals surface area contributed by atoms with E-state index in [0.717, 1.165) is 12.0 Å². The Morgan fingerprint density at radius 3 is 2.67 bits per heavy atom. The normalized spacial score (nSPS) is 24.8. The number of allylic oxidation sites excluding steroid dienone is 2. The highest BCUT2D eigenvalue weighted by molar-refractivity contribution is 5.93. The predicted octanol–water partition coefficient (Wildman–Crippen LogP) is 2.40. The molecule has 0 radical (unpaired) electrons. The Labute approximate surface area is 126 Å². The fraction of sp³-hybridized carbons (Fsp3) is 0.471. The van der Waals surface area contributed by atoms with Gasteiger partial charge >= 0.3 is 0 Å². The SMILES string of the molecule is C=C(N)[C@H](CC(C)C)NC(=O)C1=C(C)C2C=CC=CC2O1. The second kappa shape index (κ2) is 6.20. The third-order valence-corrected chi connectivity index (χ3v) is 3.86. The zero-order valence-corrected chi connectivity index (χ0v) is 12.9. The average Bonchev–Trinajstić information content (AvgIpc) is 2.75. The lowest BCUT2D eigenvalue weighted by Crippen LogP contribution is -2.40. The first-order valence-corrected chi connectivity index (χ1v) is 7.37. The van der Waals surface area contributed by atoms with E-state index in [2.05, 4.69) is 31.8 Å². The van der Waals surface area contributed by atoms with E-state index in [4.69, 9.17) is 10.5 Å². The maximum atomic E-state index is 12.5. The van der Waals surface area contributed by atoms with Gasteiger partial charge in [0.05, 0.1) is 6.04 Å². The topological polar surface area (TPSA) is 64.3 Å². The number of nitrogens with two attached hydrogens (primary N) is 1. The van der Waals surface area contributed by atoms with Crippen LogP contribution in [0.5, 0.6) is 0 Å². The van der Waals surface area contributed by atoms with Crippen molar-refractivity contribution < 1.29 is 9.53 Å². The van der Waals surface area contributed by atoms with Crippen molar-refractivity contribution in [1.29, 1.82) is 0 Å². The van der Waals surface area contributed by atoms with E-state index < -0.39 is 0 Å². The molecular formula is C17H24N2O2. The highest BCUT2D eigenvalue weighted by Gasteiger charge is 2.35. The molecule has 0 bridgehead atoms. The Balaban J connectivity index is 2.09. The second-order valence-electron chi connectivity index (χ2n) is 6.12. The Kier molecular flexibility index (Phi) is 4.56. The molecule has 0 saturated heterocycles. The first kappa shape index (κ1) is 15.4. The fourth-order valence-electron chi connectivity index (χ4n) is 2.70. The molecule has 4 nitrogen and oxygen atoms in total. The summed E-state index contributed by atoms with van der Waals surface area (Å²) < 4.78 is 5.78. The van der Waals surface area contributed by atoms with Crippen LogP contribution < -0.4 is 11.1 Å². The summed E-state index contributed by atoms with van der Waals surface area (Å²) in [6.07, 6.45) is 8.66. The van der Waals surface area contributed by atoms with Gasteiger partial charge in [0, 0.05) is 11.6 Å². The first-order chi connectivity index (χ1) is 9.90. The van der Waals surface area contributed by atoms with E-state index >= 15 is 0 Å². The molecular weight excluding hydrogens is 264 g/mol. The summed E-state index contributed by atoms with van der Waals surface area (Å²) >= 11 is 0. The largest absolute Gasteiger partial charge is 0.480 e. The van der Waals surface area contributed by atoms with E-state index in [1.165, 1.54) is 0 Å². The number of hydrogen-bond donors (Lipinski definition) is 2. The summed E-state index contributed by atoms with van der Waals surface area (Å²) in [7, 11) is 0. The van der Waals surface area contributed by atoms with Crippen molar-refractivity contribution in [3.63, 3.8) is 0 Å². The van der Waals surface area contributed by atoms with Crippen LogP contribution in [-0.4, -0.2) is 18.1 Å². The molecule has 3 atom stereocenters. The van der Waals surface area contributed by atoms with Crippen molar-refractivity contribution >= 4 is 5.91 Å². The Bertz CT molecular complexity index is 529. The van der Waals surface area contributed by atoms with E-state index in [-0.39, 0.29) is 24.0 Å². The first-order valence-electron chi connectivity index (χ1n) is 7.37. The molecule has 21 heavy (non-hydrogen) atoms. The highest BCUT2D eigenvalue weighted by Crippen LogP contribution is 2.34. The Morgan fingerprint density at radius 2 is 2.10 bits per heavy atom. The van der Waals surface area contributed by atoms with Crippen molar-refractivity contribution in [2.75, 3.05) is 0 Å². The van der Waals surface area contributed by atoms with Crippen LogP contribution in [0.15, 0.2) is 47.9 Å². The average molecular weight is 288 g/mol. The number of amides is 1. The molecule has 1 amide bonds. The molecule has 0 aromatic rings. The minimum Gasteiger partial charge on any atom is -0.480 e. The molecule has 1 aliphatic heterocycles. The van der Waals surface area contributed by atoms with Crippen LogP contribution in [-0.2, 0) is 9.53 Å². The fourth-order valence-corrected chi connectivity index (χ4v) is 2.70. The van der Waals surface area contributed by atoms with Crippen LogP contribution in [0, 0.1) is 11.8 Å². The standard InChI is InChI=1S/C17H24N2O2/c1-10(2)9-14(12(4)18)19-17(20)16-11(3)13-7-5-6-8-15(13)21-16/h5-8,10,13-15H,4,9,18H2,1-3H3,(H,19,20)/t13?,14-,15?/m0/s1. The zero-order chi connectivity index (χ0) is 15.6. The Hall–Kier alpha value is -1.97. The Morgan fingerprint density at radius 1 is 1.43 bits per heavy atom. The van der Waals surface area contributed by atoms with E-state index in [9.17, 15) is 4.79 Å². The lowest BCUT2D eigenvalue weighted by molar-refractivity contribution is -0.121. The summed E-state index contributed by atoms with van der Waals surface area (Å²) in [5.41, 5.74) is 7.23. The molecule has 0 saturated carbocycles. The molecule has 2 aliphatic rings. The number of carbonyl (C=O) groups is 1. The molecule has 1 aliphatic carbocycles. The predicted molar refractivity (Wildman–Crippen MR) is 84.1 cm³/mol. The number of carbonyl (C=O) groups excluding carboxylic acids is 1. The summed E-state index contributed by atoms with van der Waals surface area (Å²) in [5.74, 6) is 0.779. The van der Waals surface area contributed by atoms with Crippen LogP contribution in [0.2, 0.25) is 0 Å². The summed E-state index contributed by atoms with van der Waals surface area (Å²) in [6, 6.07) is -0.227. The molecule has 0 fully saturated rings. The number of fused-ring (bicyclic) bond motifs is 1. The van der Waals surface area contributed by atoms with Gasteiger partial charge in [0.25, 0.3) is 5.91 Å². The van der Waals surface area contributed by atoms with Crippen LogP contribution in [0.25, 0.3) is 0 Å². The van der Waals surface area contributed by atoms with Gasteiger partial charge < -0.3 is 15.8 Å². The summed E-state index contributed by atoms with van der Waals surface area (Å²) in [5, 5.41) is 2.94. The third-order valence-electron chi connectivity index (χ3n) is 3.86. The monoisotopic (exact) mass is 288 g/mol. The van der Waals surface area contributed by atoms with Crippen molar-refractivity contribution in [3.05, 3.63) is 47.9 Å². The maximum absolute atomic E-state index is 12.5. The van der Waals surface area contributed by atoms with Crippen LogP contribution in [0.4, 0.5) is 0 Å². The quantitative estimate of drug-likeness (QED) is 0.816. The molecule has 0 aromatic carbocycles. The maximum Gasteiger partial charge on any atom is 0.286 e. The molecule has 2 unspecified atom stereocenters. The lowest BCUT2D eigenvalue weighted by atomic mass is 9.92. The minimum absolute atomic E-state index is 0.0691. The number of hydrogen-bond acceptors (Lipinski definition) is 3. The van der Waals surface area contributed by atoms with Crippen LogP contribution in [0.1, 0.15) is 27.2 Å². The number of rotatable bonds is 5. The second-order valence-corrected chi connectivity index (χ2v) is 6.12. The summed E-state index contributed by atoms with van der Waals surface area (Å²) in [4.78, 5) is 12.5. The van der Waals surface area contributed by atoms with Gasteiger partial charge in [0.15, 0.2) is 5.76 Å². The van der Waals surface area contributed by atoms with E-state index in [1.54, 1.807) is 0 Å². The molecule has 4 heteroatoms.